The minimum Gasteiger partial charge on any atom is -0.364 e. The number of hydrogen-bond donors (Lipinski definition) is 0. The Labute approximate surface area is 55.4 Å². The van der Waals surface area contributed by atoms with Gasteiger partial charge in [0.15, 0.2) is 0 Å². The first kappa shape index (κ1) is 6.36. The average molecular weight is 125 g/mol. The molecule has 0 aromatic heterocycles. The maximum Gasteiger partial charge on any atom is 0.118 e. The highest BCUT2D eigenvalue weighted by Crippen LogP contribution is 1.96. The zero-order chi connectivity index (χ0) is 6.53. The second-order valence-electron chi connectivity index (χ2n) is 1.96. The van der Waals surface area contributed by atoms with E-state index in [1.54, 1.807) is 7.11 Å². The van der Waals surface area contributed by atoms with Gasteiger partial charge in [-0.25, -0.2) is 0 Å². The van der Waals surface area contributed by atoms with Crippen molar-refractivity contribution in [3.8, 4) is 0 Å². The summed E-state index contributed by atoms with van der Waals surface area (Å²) in [7, 11) is 1.70. The first-order valence-electron chi connectivity index (χ1n) is 3.00. The Morgan fingerprint density at radius 2 is 2.44 bits per heavy atom. The van der Waals surface area contributed by atoms with Gasteiger partial charge in [-0.1, -0.05) is 12.2 Å². The highest BCUT2D eigenvalue weighted by atomic mass is 16.5. The van der Waals surface area contributed by atoms with Gasteiger partial charge in [0, 0.05) is 19.9 Å². The van der Waals surface area contributed by atoms with Crippen LogP contribution >= 0.6 is 0 Å². The average Bonchev–Trinajstić information content (AvgIpc) is 1.91. The fourth-order valence-corrected chi connectivity index (χ4v) is 0.769. The summed E-state index contributed by atoms with van der Waals surface area (Å²) >= 11 is 0. The predicted molar refractivity (Wildman–Crippen MR) is 36.9 cm³/mol. The monoisotopic (exact) mass is 125 g/mol. The van der Waals surface area contributed by atoms with Gasteiger partial charge in [-0.3, -0.25) is 0 Å². The molecule has 50 valence electrons. The van der Waals surface area contributed by atoms with Crippen molar-refractivity contribution in [2.45, 2.75) is 0 Å². The quantitative estimate of drug-likeness (QED) is 0.545. The molecule has 0 radical (unpaired) electrons. The van der Waals surface area contributed by atoms with Gasteiger partial charge in [-0.2, -0.15) is 0 Å². The highest BCUT2D eigenvalue weighted by Gasteiger charge is 1.95. The molecule has 1 rings (SSSR count). The zero-order valence-electron chi connectivity index (χ0n) is 5.58. The SMILES string of the molecule is COCN1C=CC=CC1. The molecule has 0 aromatic carbocycles. The number of allylic oxidation sites excluding steroid dienone is 2. The second-order valence-corrected chi connectivity index (χ2v) is 1.96. The number of hydrogen-bond acceptors (Lipinski definition) is 2. The Bertz CT molecular complexity index is 129. The van der Waals surface area contributed by atoms with Crippen LogP contribution < -0.4 is 0 Å². The molecular formula is C7H11NO. The van der Waals surface area contributed by atoms with Gasteiger partial charge in [0.25, 0.3) is 0 Å². The van der Waals surface area contributed by atoms with E-state index in [1.165, 1.54) is 0 Å². The molecule has 9 heavy (non-hydrogen) atoms. The highest BCUT2D eigenvalue weighted by molar-refractivity contribution is 5.07. The molecule has 1 heterocycles. The van der Waals surface area contributed by atoms with Crippen molar-refractivity contribution in [2.24, 2.45) is 0 Å². The number of nitrogens with zero attached hydrogens (tertiary/aromatic N) is 1. The van der Waals surface area contributed by atoms with Crippen LogP contribution in [0.5, 0.6) is 0 Å². The molecule has 2 heteroatoms. The third-order valence-corrected chi connectivity index (χ3v) is 1.18. The van der Waals surface area contributed by atoms with Crippen LogP contribution in [0.15, 0.2) is 24.4 Å². The standard InChI is InChI=1S/C7H11NO/c1-9-7-8-5-3-2-4-6-8/h2-5H,6-7H2,1H3. The fraction of sp³-hybridized carbons (Fsp3) is 0.429. The molecular weight excluding hydrogens is 114 g/mol. The largest absolute Gasteiger partial charge is 0.364 e. The van der Waals surface area contributed by atoms with E-state index < -0.39 is 0 Å². The lowest BCUT2D eigenvalue weighted by Crippen LogP contribution is -2.20. The molecule has 0 N–H and O–H groups in total. The normalized spacial score (nSPS) is 16.8. The molecule has 0 atom stereocenters. The lowest BCUT2D eigenvalue weighted by Gasteiger charge is -2.18. The summed E-state index contributed by atoms with van der Waals surface area (Å²) in [5, 5.41) is 0. The van der Waals surface area contributed by atoms with E-state index in [4.69, 9.17) is 4.74 Å². The van der Waals surface area contributed by atoms with E-state index in [9.17, 15) is 0 Å². The molecule has 2 nitrogen and oxygen atoms in total. The van der Waals surface area contributed by atoms with E-state index in [0.29, 0.717) is 6.73 Å². The van der Waals surface area contributed by atoms with Crippen molar-refractivity contribution < 1.29 is 4.74 Å². The molecule has 0 bridgehead atoms. The molecule has 0 saturated carbocycles. The Hall–Kier alpha value is -0.760. The summed E-state index contributed by atoms with van der Waals surface area (Å²) in [6.45, 7) is 1.64. The van der Waals surface area contributed by atoms with Crippen LogP contribution in [-0.4, -0.2) is 25.3 Å². The lowest BCUT2D eigenvalue weighted by atomic mass is 10.4. The first-order valence-corrected chi connectivity index (χ1v) is 3.00. The Morgan fingerprint density at radius 1 is 1.56 bits per heavy atom. The molecule has 1 aliphatic rings. The molecule has 0 saturated heterocycles. The van der Waals surface area contributed by atoms with Crippen LogP contribution in [0.1, 0.15) is 0 Å². The number of rotatable bonds is 2. The Balaban J connectivity index is 2.28. The molecule has 0 amide bonds. The van der Waals surface area contributed by atoms with Gasteiger partial charge in [0.05, 0.1) is 0 Å². The van der Waals surface area contributed by atoms with Gasteiger partial charge >= 0.3 is 0 Å². The van der Waals surface area contributed by atoms with Gasteiger partial charge < -0.3 is 9.64 Å². The molecule has 0 fully saturated rings. The van der Waals surface area contributed by atoms with E-state index >= 15 is 0 Å². The van der Waals surface area contributed by atoms with Gasteiger partial charge in [0.2, 0.25) is 0 Å². The van der Waals surface area contributed by atoms with Gasteiger partial charge in [-0.05, 0) is 6.08 Å². The van der Waals surface area contributed by atoms with Crippen molar-refractivity contribution in [3.05, 3.63) is 24.4 Å². The maximum absolute atomic E-state index is 4.92. The van der Waals surface area contributed by atoms with Crippen molar-refractivity contribution in [1.29, 1.82) is 0 Å². The van der Waals surface area contributed by atoms with Crippen molar-refractivity contribution >= 4 is 0 Å². The summed E-state index contributed by atoms with van der Waals surface area (Å²) < 4.78 is 4.92. The third-order valence-electron chi connectivity index (χ3n) is 1.18. The van der Waals surface area contributed by atoms with Crippen LogP contribution in [0.25, 0.3) is 0 Å². The van der Waals surface area contributed by atoms with Crippen LogP contribution in [-0.2, 0) is 4.74 Å². The molecule has 0 aliphatic carbocycles. The molecule has 0 unspecified atom stereocenters. The van der Waals surface area contributed by atoms with E-state index in [2.05, 4.69) is 11.0 Å². The molecule has 0 spiro atoms. The summed E-state index contributed by atoms with van der Waals surface area (Å²) in [6, 6.07) is 0. The van der Waals surface area contributed by atoms with Crippen molar-refractivity contribution in [3.63, 3.8) is 0 Å². The predicted octanol–water partition coefficient (Wildman–Crippen LogP) is 0.976. The number of methoxy groups -OCH3 is 1. The van der Waals surface area contributed by atoms with Gasteiger partial charge in [-0.15, -0.1) is 0 Å². The Kier molecular flexibility index (Phi) is 2.33. The van der Waals surface area contributed by atoms with Crippen molar-refractivity contribution in [2.75, 3.05) is 20.4 Å². The fourth-order valence-electron chi connectivity index (χ4n) is 0.769. The summed E-state index contributed by atoms with van der Waals surface area (Å²) in [5.41, 5.74) is 0. The summed E-state index contributed by atoms with van der Waals surface area (Å²) in [4.78, 5) is 2.08. The Morgan fingerprint density at radius 3 is 3.00 bits per heavy atom. The van der Waals surface area contributed by atoms with Crippen molar-refractivity contribution in [1.82, 2.24) is 4.90 Å². The van der Waals surface area contributed by atoms with E-state index in [0.717, 1.165) is 6.54 Å². The van der Waals surface area contributed by atoms with E-state index in [-0.39, 0.29) is 0 Å². The smallest absolute Gasteiger partial charge is 0.118 e. The van der Waals surface area contributed by atoms with Crippen LogP contribution in [0, 0.1) is 0 Å². The lowest BCUT2D eigenvalue weighted by molar-refractivity contribution is 0.103. The minimum atomic E-state index is 0.681. The topological polar surface area (TPSA) is 12.5 Å². The zero-order valence-corrected chi connectivity index (χ0v) is 5.58. The number of ether oxygens (including phenoxy) is 1. The summed E-state index contributed by atoms with van der Waals surface area (Å²) in [6.07, 6.45) is 8.15. The summed E-state index contributed by atoms with van der Waals surface area (Å²) in [5.74, 6) is 0. The second kappa shape index (κ2) is 3.30. The van der Waals surface area contributed by atoms with E-state index in [1.807, 2.05) is 18.4 Å². The molecule has 0 aromatic rings. The van der Waals surface area contributed by atoms with Crippen LogP contribution in [0.2, 0.25) is 0 Å². The minimum absolute atomic E-state index is 0.681. The third kappa shape index (κ3) is 1.90. The molecule has 1 aliphatic heterocycles. The van der Waals surface area contributed by atoms with Crippen LogP contribution in [0.4, 0.5) is 0 Å². The first-order chi connectivity index (χ1) is 4.43. The maximum atomic E-state index is 4.92. The van der Waals surface area contributed by atoms with Crippen LogP contribution in [0.3, 0.4) is 0 Å². The van der Waals surface area contributed by atoms with Gasteiger partial charge in [0.1, 0.15) is 6.73 Å².